The molecule has 0 unspecified atom stereocenters. The Morgan fingerprint density at radius 3 is 1.52 bits per heavy atom. The standard InChI is InChI=1S/C25H30O2/c1-3-5-11-19(26)17-25(18-20(27)12-6-4-2)23-15-9-7-13-21(23)22-14-8-10-16-24(22)25/h7-10,13-16H,3-6,11-12,17-18H2,1-2H3. The lowest BCUT2D eigenvalue weighted by Crippen LogP contribution is -2.31. The third-order valence-electron chi connectivity index (χ3n) is 5.79. The van der Waals surface area contributed by atoms with E-state index in [9.17, 15) is 9.59 Å². The smallest absolute Gasteiger partial charge is 0.134 e. The van der Waals surface area contributed by atoms with Crippen molar-refractivity contribution in [1.29, 1.82) is 0 Å². The van der Waals surface area contributed by atoms with Gasteiger partial charge in [0.25, 0.3) is 0 Å². The zero-order valence-corrected chi connectivity index (χ0v) is 16.6. The fourth-order valence-corrected chi connectivity index (χ4v) is 4.46. The van der Waals surface area contributed by atoms with Crippen LogP contribution < -0.4 is 0 Å². The Kier molecular flexibility index (Phi) is 6.26. The Hall–Kier alpha value is -2.22. The number of benzene rings is 2. The van der Waals surface area contributed by atoms with Gasteiger partial charge in [-0.25, -0.2) is 0 Å². The first-order valence-corrected chi connectivity index (χ1v) is 10.3. The second-order valence-electron chi connectivity index (χ2n) is 7.81. The number of hydrogen-bond donors (Lipinski definition) is 0. The van der Waals surface area contributed by atoms with Crippen LogP contribution in [0, 0.1) is 0 Å². The van der Waals surface area contributed by atoms with Gasteiger partial charge in [-0.1, -0.05) is 75.2 Å². The predicted octanol–water partition coefficient (Wildman–Crippen LogP) is 6.25. The molecule has 0 saturated heterocycles. The molecule has 0 spiro atoms. The van der Waals surface area contributed by atoms with E-state index in [4.69, 9.17) is 0 Å². The molecule has 0 atom stereocenters. The number of ketones is 2. The normalized spacial score (nSPS) is 13.9. The molecule has 0 amide bonds. The van der Waals surface area contributed by atoms with Gasteiger partial charge in [-0.05, 0) is 35.1 Å². The minimum Gasteiger partial charge on any atom is -0.300 e. The van der Waals surface area contributed by atoms with E-state index in [0.717, 1.165) is 36.8 Å². The minimum absolute atomic E-state index is 0.270. The second-order valence-corrected chi connectivity index (χ2v) is 7.81. The molecule has 142 valence electrons. The lowest BCUT2D eigenvalue weighted by molar-refractivity contribution is -0.122. The van der Waals surface area contributed by atoms with Crippen molar-refractivity contribution in [3.63, 3.8) is 0 Å². The van der Waals surface area contributed by atoms with Crippen LogP contribution in [-0.2, 0) is 15.0 Å². The van der Waals surface area contributed by atoms with Crippen LogP contribution in [0.15, 0.2) is 48.5 Å². The number of hydrogen-bond acceptors (Lipinski definition) is 2. The van der Waals surface area contributed by atoms with Crippen LogP contribution in [-0.4, -0.2) is 11.6 Å². The fourth-order valence-electron chi connectivity index (χ4n) is 4.46. The highest BCUT2D eigenvalue weighted by Crippen LogP contribution is 2.53. The van der Waals surface area contributed by atoms with Crippen molar-refractivity contribution in [1.82, 2.24) is 0 Å². The highest BCUT2D eigenvalue weighted by atomic mass is 16.1. The molecule has 27 heavy (non-hydrogen) atoms. The van der Waals surface area contributed by atoms with Gasteiger partial charge in [0.1, 0.15) is 11.6 Å². The van der Waals surface area contributed by atoms with Crippen molar-refractivity contribution in [2.24, 2.45) is 0 Å². The van der Waals surface area contributed by atoms with Gasteiger partial charge in [-0.3, -0.25) is 9.59 Å². The first kappa shape index (κ1) is 19.5. The van der Waals surface area contributed by atoms with E-state index in [1.54, 1.807) is 0 Å². The van der Waals surface area contributed by atoms with Gasteiger partial charge in [-0.2, -0.15) is 0 Å². The van der Waals surface area contributed by atoms with Gasteiger partial charge in [0.05, 0.1) is 0 Å². The van der Waals surface area contributed by atoms with Crippen LogP contribution in [0.1, 0.15) is 76.3 Å². The predicted molar refractivity (Wildman–Crippen MR) is 111 cm³/mol. The molecule has 2 nitrogen and oxygen atoms in total. The van der Waals surface area contributed by atoms with Gasteiger partial charge in [0.2, 0.25) is 0 Å². The van der Waals surface area contributed by atoms with Crippen molar-refractivity contribution in [3.8, 4) is 11.1 Å². The maximum absolute atomic E-state index is 12.9. The molecular weight excluding hydrogens is 332 g/mol. The molecule has 1 aliphatic rings. The number of unbranched alkanes of at least 4 members (excludes halogenated alkanes) is 2. The molecule has 1 aliphatic carbocycles. The van der Waals surface area contributed by atoms with E-state index in [1.165, 1.54) is 11.1 Å². The Labute approximate surface area is 163 Å². The molecule has 0 bridgehead atoms. The van der Waals surface area contributed by atoms with Crippen molar-refractivity contribution in [2.45, 2.75) is 70.6 Å². The summed E-state index contributed by atoms with van der Waals surface area (Å²) < 4.78 is 0. The van der Waals surface area contributed by atoms with Crippen molar-refractivity contribution in [3.05, 3.63) is 59.7 Å². The molecule has 0 N–H and O–H groups in total. The van der Waals surface area contributed by atoms with E-state index in [-0.39, 0.29) is 11.6 Å². The summed E-state index contributed by atoms with van der Waals surface area (Å²) in [5, 5.41) is 0. The highest BCUT2D eigenvalue weighted by Gasteiger charge is 2.45. The molecule has 0 saturated carbocycles. The van der Waals surface area contributed by atoms with Crippen molar-refractivity contribution < 1.29 is 9.59 Å². The third-order valence-corrected chi connectivity index (χ3v) is 5.79. The average Bonchev–Trinajstić information content (AvgIpc) is 2.95. The van der Waals surface area contributed by atoms with Gasteiger partial charge < -0.3 is 0 Å². The van der Waals surface area contributed by atoms with E-state index in [2.05, 4.69) is 38.1 Å². The molecule has 0 radical (unpaired) electrons. The molecule has 0 heterocycles. The van der Waals surface area contributed by atoms with E-state index in [0.29, 0.717) is 25.7 Å². The molecule has 2 heteroatoms. The Morgan fingerprint density at radius 1 is 0.704 bits per heavy atom. The number of fused-ring (bicyclic) bond motifs is 3. The SMILES string of the molecule is CCCCC(=O)CC1(CC(=O)CCCC)c2ccccc2-c2ccccc21. The van der Waals surface area contributed by atoms with Crippen LogP contribution in [0.2, 0.25) is 0 Å². The molecule has 0 aromatic heterocycles. The summed E-state index contributed by atoms with van der Waals surface area (Å²) in [6.07, 6.45) is 5.93. The number of carbonyl (C=O) groups is 2. The van der Waals surface area contributed by atoms with Gasteiger partial charge >= 0.3 is 0 Å². The third kappa shape index (κ3) is 3.90. The van der Waals surface area contributed by atoms with Gasteiger partial charge in [0, 0.05) is 31.1 Å². The first-order chi connectivity index (χ1) is 13.1. The van der Waals surface area contributed by atoms with Crippen LogP contribution in [0.25, 0.3) is 11.1 Å². The maximum Gasteiger partial charge on any atom is 0.134 e. The average molecular weight is 363 g/mol. The fraction of sp³-hybridized carbons (Fsp3) is 0.440. The molecule has 0 fully saturated rings. The Morgan fingerprint density at radius 2 is 1.11 bits per heavy atom. The highest BCUT2D eigenvalue weighted by molar-refractivity contribution is 5.91. The van der Waals surface area contributed by atoms with E-state index in [1.807, 2.05) is 24.3 Å². The van der Waals surface area contributed by atoms with E-state index < -0.39 is 5.41 Å². The summed E-state index contributed by atoms with van der Waals surface area (Å²) >= 11 is 0. The zero-order valence-electron chi connectivity index (χ0n) is 16.6. The Bertz CT molecular complexity index is 749. The maximum atomic E-state index is 12.9. The second kappa shape index (κ2) is 8.65. The summed E-state index contributed by atoms with van der Waals surface area (Å²) in [4.78, 5) is 25.7. The summed E-state index contributed by atoms with van der Waals surface area (Å²) in [5.74, 6) is 0.540. The number of Topliss-reactive ketones (excluding diaryl/α,β-unsaturated/α-hetero) is 2. The van der Waals surface area contributed by atoms with Crippen LogP contribution in [0.5, 0.6) is 0 Å². The lowest BCUT2D eigenvalue weighted by Gasteiger charge is -2.31. The first-order valence-electron chi connectivity index (χ1n) is 10.3. The molecular formula is C25H30O2. The quantitative estimate of drug-likeness (QED) is 0.500. The summed E-state index contributed by atoms with van der Waals surface area (Å²) in [6, 6.07) is 16.7. The summed E-state index contributed by atoms with van der Waals surface area (Å²) in [7, 11) is 0. The molecule has 3 rings (SSSR count). The van der Waals surface area contributed by atoms with Gasteiger partial charge in [-0.15, -0.1) is 0 Å². The summed E-state index contributed by atoms with van der Waals surface area (Å²) in [6.45, 7) is 4.22. The number of rotatable bonds is 10. The number of carbonyl (C=O) groups excluding carboxylic acids is 2. The minimum atomic E-state index is -0.497. The molecule has 0 aliphatic heterocycles. The van der Waals surface area contributed by atoms with Crippen LogP contribution in [0.4, 0.5) is 0 Å². The zero-order chi connectivity index (χ0) is 19.3. The topological polar surface area (TPSA) is 34.1 Å². The van der Waals surface area contributed by atoms with Crippen molar-refractivity contribution in [2.75, 3.05) is 0 Å². The lowest BCUT2D eigenvalue weighted by atomic mass is 9.70. The van der Waals surface area contributed by atoms with Crippen LogP contribution in [0.3, 0.4) is 0 Å². The monoisotopic (exact) mass is 362 g/mol. The Balaban J connectivity index is 2.06. The largest absolute Gasteiger partial charge is 0.300 e. The molecule has 2 aromatic rings. The van der Waals surface area contributed by atoms with Crippen molar-refractivity contribution >= 4 is 11.6 Å². The van der Waals surface area contributed by atoms with Crippen LogP contribution >= 0.6 is 0 Å². The van der Waals surface area contributed by atoms with Gasteiger partial charge in [0.15, 0.2) is 0 Å². The van der Waals surface area contributed by atoms with E-state index >= 15 is 0 Å². The molecule has 2 aromatic carbocycles. The summed E-state index contributed by atoms with van der Waals surface area (Å²) in [5.41, 5.74) is 4.17.